The number of rotatable bonds is 5. The van der Waals surface area contributed by atoms with Crippen molar-refractivity contribution in [1.82, 2.24) is 19.9 Å². The molecule has 2 aromatic carbocycles. The van der Waals surface area contributed by atoms with Crippen LogP contribution in [0.5, 0.6) is 11.8 Å². The molecule has 4 aromatic rings. The third kappa shape index (κ3) is 4.33. The van der Waals surface area contributed by atoms with Crippen LogP contribution in [0.25, 0.3) is 32.9 Å². The van der Waals surface area contributed by atoms with Gasteiger partial charge in [0.25, 0.3) is 0 Å². The van der Waals surface area contributed by atoms with E-state index in [1.165, 1.54) is 18.3 Å². The highest BCUT2D eigenvalue weighted by Crippen LogP contribution is 2.42. The van der Waals surface area contributed by atoms with Crippen molar-refractivity contribution in [3.63, 3.8) is 0 Å². The molecule has 230 valence electrons. The highest BCUT2D eigenvalue weighted by Gasteiger charge is 2.49. The molecule has 1 N–H and O–H groups in total. The molecule has 6 heterocycles. The summed E-state index contributed by atoms with van der Waals surface area (Å²) in [5.41, 5.74) is -1.08. The summed E-state index contributed by atoms with van der Waals surface area (Å²) < 4.78 is 79.3. The van der Waals surface area contributed by atoms with Crippen LogP contribution in [-0.4, -0.2) is 84.2 Å². The number of anilines is 1. The largest absolute Gasteiger partial charge is 0.508 e. The van der Waals surface area contributed by atoms with Gasteiger partial charge in [-0.3, -0.25) is 14.1 Å². The van der Waals surface area contributed by atoms with E-state index >= 15 is 8.78 Å². The average molecular weight is 628 g/mol. The first kappa shape index (κ1) is 27.9. The Hall–Kier alpha value is -3.58. The quantitative estimate of drug-likeness (QED) is 0.309. The Labute approximate surface area is 252 Å². The van der Waals surface area contributed by atoms with Crippen molar-refractivity contribution in [3.8, 4) is 23.0 Å². The normalized spacial score (nSPS) is 28.3. The van der Waals surface area contributed by atoms with Crippen LogP contribution in [0.1, 0.15) is 32.1 Å². The van der Waals surface area contributed by atoms with Gasteiger partial charge in [-0.1, -0.05) is 6.07 Å². The standard InChI is InChI=1S/C31H29F4N5O3S/c32-17-10-31(6-1-7-40(31)12-17)15-43-30-37-28-22(29(38-30)39-13-19-3-4-20(14-39)44(19)42)11-36-27(26(28)35)21-9-18(41)8-16-2-5-23(33)25(34)24(16)21/h2,5,8-9,11,17,19-20,41H,1,3-4,6-7,10,12-15H2/t17-,19?,20?,31+,44?/m1/s1. The van der Waals surface area contributed by atoms with E-state index in [2.05, 4.69) is 14.9 Å². The maximum Gasteiger partial charge on any atom is 0.319 e. The van der Waals surface area contributed by atoms with Crippen molar-refractivity contribution in [2.24, 2.45) is 0 Å². The zero-order valence-electron chi connectivity index (χ0n) is 23.6. The number of phenolic OH excluding ortho intramolecular Hbond substituents is 1. The van der Waals surface area contributed by atoms with Crippen LogP contribution < -0.4 is 9.64 Å². The molecule has 44 heavy (non-hydrogen) atoms. The number of halogens is 4. The number of alkyl halides is 1. The predicted molar refractivity (Wildman–Crippen MR) is 158 cm³/mol. The van der Waals surface area contributed by atoms with Crippen molar-refractivity contribution >= 4 is 38.3 Å². The molecule has 2 aromatic heterocycles. The van der Waals surface area contributed by atoms with Gasteiger partial charge in [-0.15, -0.1) is 0 Å². The monoisotopic (exact) mass is 627 g/mol. The summed E-state index contributed by atoms with van der Waals surface area (Å²) in [4.78, 5) is 17.5. The fourth-order valence-corrected chi connectivity index (χ4v) is 9.61. The summed E-state index contributed by atoms with van der Waals surface area (Å²) in [6.07, 6.45) is 4.11. The van der Waals surface area contributed by atoms with E-state index in [1.807, 2.05) is 4.90 Å². The minimum atomic E-state index is -1.19. The molecule has 4 aliphatic rings. The van der Waals surface area contributed by atoms with Crippen LogP contribution >= 0.6 is 0 Å². The summed E-state index contributed by atoms with van der Waals surface area (Å²) in [5.74, 6) is -3.12. The molecule has 0 radical (unpaired) electrons. The van der Waals surface area contributed by atoms with Gasteiger partial charge in [0, 0.05) is 54.0 Å². The first-order valence-corrected chi connectivity index (χ1v) is 16.1. The SMILES string of the molecule is O=S1C2CCC1CN(c1nc(OC[C@@]34CCCN3C[C@H](F)C4)nc3c(F)c(-c4cc(O)cc5ccc(F)c(F)c45)ncc13)C2. The molecule has 0 spiro atoms. The van der Waals surface area contributed by atoms with E-state index in [1.54, 1.807) is 0 Å². The van der Waals surface area contributed by atoms with Crippen molar-refractivity contribution in [2.75, 3.05) is 37.7 Å². The molecular formula is C31H29F4N5O3S. The van der Waals surface area contributed by atoms with Gasteiger partial charge in [0.2, 0.25) is 0 Å². The first-order valence-electron chi connectivity index (χ1n) is 14.8. The Morgan fingerprint density at radius 1 is 1.07 bits per heavy atom. The summed E-state index contributed by atoms with van der Waals surface area (Å²) >= 11 is 0. The van der Waals surface area contributed by atoms with Crippen LogP contribution in [0, 0.1) is 17.5 Å². The lowest BCUT2D eigenvalue weighted by molar-refractivity contribution is 0.107. The van der Waals surface area contributed by atoms with Gasteiger partial charge < -0.3 is 14.7 Å². The second kappa shape index (κ2) is 10.2. The first-order chi connectivity index (χ1) is 21.2. The zero-order chi connectivity index (χ0) is 30.3. The number of aromatic nitrogens is 3. The maximum absolute atomic E-state index is 16.6. The van der Waals surface area contributed by atoms with Gasteiger partial charge in [0.05, 0.1) is 21.4 Å². The number of benzene rings is 2. The topological polar surface area (TPSA) is 91.7 Å². The van der Waals surface area contributed by atoms with Crippen LogP contribution in [-0.2, 0) is 10.8 Å². The molecule has 8 rings (SSSR count). The van der Waals surface area contributed by atoms with E-state index in [-0.39, 0.29) is 61.8 Å². The molecule has 2 unspecified atom stereocenters. The van der Waals surface area contributed by atoms with Gasteiger partial charge >= 0.3 is 6.01 Å². The van der Waals surface area contributed by atoms with Crippen molar-refractivity contribution in [3.05, 3.63) is 47.9 Å². The van der Waals surface area contributed by atoms with Gasteiger partial charge in [0.15, 0.2) is 17.5 Å². The maximum atomic E-state index is 16.6. The van der Waals surface area contributed by atoms with E-state index < -0.39 is 40.0 Å². The van der Waals surface area contributed by atoms with E-state index in [0.717, 1.165) is 44.4 Å². The molecule has 4 saturated heterocycles. The smallest absolute Gasteiger partial charge is 0.319 e. The van der Waals surface area contributed by atoms with Crippen molar-refractivity contribution in [1.29, 1.82) is 0 Å². The Kier molecular flexibility index (Phi) is 6.49. The lowest BCUT2D eigenvalue weighted by Crippen LogP contribution is -2.45. The Morgan fingerprint density at radius 2 is 1.86 bits per heavy atom. The van der Waals surface area contributed by atoms with Crippen molar-refractivity contribution < 1.29 is 31.6 Å². The number of fused-ring (bicyclic) bond motifs is 5. The summed E-state index contributed by atoms with van der Waals surface area (Å²) in [6.45, 7) is 2.18. The van der Waals surface area contributed by atoms with E-state index in [0.29, 0.717) is 31.9 Å². The average Bonchev–Trinajstić information content (AvgIpc) is 3.58. The number of aromatic hydroxyl groups is 1. The van der Waals surface area contributed by atoms with Crippen molar-refractivity contribution in [2.45, 2.75) is 54.3 Å². The molecule has 4 fully saturated rings. The molecule has 4 aliphatic heterocycles. The van der Waals surface area contributed by atoms with Gasteiger partial charge in [-0.2, -0.15) is 9.97 Å². The van der Waals surface area contributed by atoms with Crippen LogP contribution in [0.2, 0.25) is 0 Å². The fraction of sp³-hybridized carbons (Fsp3) is 0.452. The lowest BCUT2D eigenvalue weighted by Gasteiger charge is -2.33. The van der Waals surface area contributed by atoms with E-state index in [9.17, 15) is 18.1 Å². The van der Waals surface area contributed by atoms with Crippen LogP contribution in [0.4, 0.5) is 23.4 Å². The Morgan fingerprint density at radius 3 is 2.66 bits per heavy atom. The Bertz CT molecular complexity index is 1850. The second-order valence-electron chi connectivity index (χ2n) is 12.4. The zero-order valence-corrected chi connectivity index (χ0v) is 24.4. The number of phenols is 1. The van der Waals surface area contributed by atoms with E-state index in [4.69, 9.17) is 9.72 Å². The predicted octanol–water partition coefficient (Wildman–Crippen LogP) is 5.02. The van der Waals surface area contributed by atoms with Gasteiger partial charge in [0.1, 0.15) is 35.6 Å². The number of ether oxygens (including phenoxy) is 1. The third-order valence-corrected chi connectivity index (χ3v) is 11.8. The summed E-state index contributed by atoms with van der Waals surface area (Å²) in [5, 5.41) is 10.5. The fourth-order valence-electron chi connectivity index (χ4n) is 7.67. The minimum absolute atomic E-state index is 0.0392. The lowest BCUT2D eigenvalue weighted by atomic mass is 9.95. The molecule has 0 aliphatic carbocycles. The molecule has 8 nitrogen and oxygen atoms in total. The highest BCUT2D eigenvalue weighted by atomic mass is 32.2. The number of pyridine rings is 1. The van der Waals surface area contributed by atoms with Gasteiger partial charge in [-0.25, -0.2) is 17.6 Å². The second-order valence-corrected chi connectivity index (χ2v) is 14.4. The van der Waals surface area contributed by atoms with Gasteiger partial charge in [-0.05, 0) is 55.8 Å². The van der Waals surface area contributed by atoms with Crippen LogP contribution in [0.15, 0.2) is 30.5 Å². The molecule has 0 saturated carbocycles. The summed E-state index contributed by atoms with van der Waals surface area (Å²) in [6, 6.07) is 4.54. The minimum Gasteiger partial charge on any atom is -0.508 e. The molecule has 0 amide bonds. The molecular weight excluding hydrogens is 598 g/mol. The molecule has 4 atom stereocenters. The third-order valence-electron chi connectivity index (χ3n) is 9.74. The number of hydrogen-bond acceptors (Lipinski definition) is 8. The number of hydrogen-bond donors (Lipinski definition) is 1. The molecule has 13 heteroatoms. The summed E-state index contributed by atoms with van der Waals surface area (Å²) in [7, 11) is -0.955. The Balaban J connectivity index is 1.27. The van der Waals surface area contributed by atoms with Crippen LogP contribution in [0.3, 0.4) is 0 Å². The number of nitrogens with zero attached hydrogens (tertiary/aromatic N) is 5. The molecule has 2 bridgehead atoms. The highest BCUT2D eigenvalue weighted by molar-refractivity contribution is 7.86.